The zero-order valence-electron chi connectivity index (χ0n) is 13.6. The Bertz CT molecular complexity index is 670. The van der Waals surface area contributed by atoms with Crippen molar-refractivity contribution in [3.63, 3.8) is 0 Å². The van der Waals surface area contributed by atoms with E-state index in [1.807, 2.05) is 13.8 Å². The predicted octanol–water partition coefficient (Wildman–Crippen LogP) is 4.23. The highest BCUT2D eigenvalue weighted by Gasteiger charge is 2.42. The number of fused-ring (bicyclic) bond motifs is 1. The number of nitrogens with zero attached hydrogens (tertiary/aromatic N) is 2. The van der Waals surface area contributed by atoms with Gasteiger partial charge >= 0.3 is 12.1 Å². The monoisotopic (exact) mass is 404 g/mol. The summed E-state index contributed by atoms with van der Waals surface area (Å²) >= 11 is 8.87. The molecule has 0 radical (unpaired) electrons. The van der Waals surface area contributed by atoms with Crippen LogP contribution in [0.25, 0.3) is 0 Å². The van der Waals surface area contributed by atoms with Crippen molar-refractivity contribution in [2.75, 3.05) is 11.4 Å². The number of anilines is 1. The Morgan fingerprint density at radius 3 is 2.52 bits per heavy atom. The van der Waals surface area contributed by atoms with E-state index in [1.54, 1.807) is 26.8 Å². The quantitative estimate of drug-likeness (QED) is 0.654. The lowest BCUT2D eigenvalue weighted by molar-refractivity contribution is 0.0578. The molecule has 0 N–H and O–H groups in total. The molecule has 0 atom stereocenters. The fourth-order valence-electron chi connectivity index (χ4n) is 2.46. The molecule has 0 aliphatic carbocycles. The molecule has 0 saturated heterocycles. The van der Waals surface area contributed by atoms with E-state index >= 15 is 0 Å². The van der Waals surface area contributed by atoms with Crippen LogP contribution in [-0.2, 0) is 14.0 Å². The fraction of sp³-hybridized carbons (Fsp3) is 0.533. The van der Waals surface area contributed by atoms with Crippen LogP contribution in [0.3, 0.4) is 0 Å². The van der Waals surface area contributed by atoms with E-state index in [2.05, 4.69) is 25.1 Å². The summed E-state index contributed by atoms with van der Waals surface area (Å²) in [6.45, 7) is 9.67. The summed E-state index contributed by atoms with van der Waals surface area (Å²) in [5.41, 5.74) is 0.266. The lowest BCUT2D eigenvalue weighted by atomic mass is 9.87. The molecule has 6 nitrogen and oxygen atoms in total. The highest BCUT2D eigenvalue weighted by atomic mass is 79.9. The number of carbonyl (C=O) groups is 2. The number of aromatic nitrogens is 1. The predicted molar refractivity (Wildman–Crippen MR) is 90.2 cm³/mol. The van der Waals surface area contributed by atoms with E-state index < -0.39 is 23.1 Å². The molecule has 2 heterocycles. The van der Waals surface area contributed by atoms with E-state index in [1.165, 1.54) is 4.90 Å². The van der Waals surface area contributed by atoms with Gasteiger partial charge in [-0.15, -0.1) is 0 Å². The van der Waals surface area contributed by atoms with Crippen LogP contribution in [0.15, 0.2) is 6.07 Å². The minimum Gasteiger partial charge on any atom is -0.443 e. The second kappa shape index (κ2) is 5.94. The maximum atomic E-state index is 12.5. The zero-order valence-corrected chi connectivity index (χ0v) is 15.9. The molecule has 0 saturated carbocycles. The third-order valence-electron chi connectivity index (χ3n) is 3.40. The summed E-state index contributed by atoms with van der Waals surface area (Å²) in [7, 11) is 0. The van der Waals surface area contributed by atoms with Crippen LogP contribution in [0.5, 0.6) is 0 Å². The first kappa shape index (κ1) is 18.0. The molecular weight excluding hydrogens is 388 g/mol. The van der Waals surface area contributed by atoms with E-state index in [0.717, 1.165) is 5.56 Å². The maximum Gasteiger partial charge on any atom is 0.414 e. The number of hydrogen-bond donors (Lipinski definition) is 0. The molecule has 0 aromatic carbocycles. The number of amides is 1. The third kappa shape index (κ3) is 3.61. The van der Waals surface area contributed by atoms with Crippen molar-refractivity contribution in [2.45, 2.75) is 45.6 Å². The van der Waals surface area contributed by atoms with Gasteiger partial charge in [-0.25, -0.2) is 14.6 Å². The van der Waals surface area contributed by atoms with E-state index in [-0.39, 0.29) is 10.8 Å². The Kier molecular flexibility index (Phi) is 4.65. The van der Waals surface area contributed by atoms with Crippen molar-refractivity contribution in [1.29, 1.82) is 0 Å². The highest BCUT2D eigenvalue weighted by Crippen LogP contribution is 2.44. The Hall–Kier alpha value is -1.34. The summed E-state index contributed by atoms with van der Waals surface area (Å²) in [5.74, 6) is -0.652. The number of halogens is 2. The average molecular weight is 406 g/mol. The molecule has 1 aliphatic heterocycles. The van der Waals surface area contributed by atoms with Crippen LogP contribution >= 0.6 is 27.9 Å². The van der Waals surface area contributed by atoms with Crippen LogP contribution in [0.1, 0.15) is 50.7 Å². The van der Waals surface area contributed by atoms with Crippen molar-refractivity contribution in [1.82, 2.24) is 4.98 Å². The first-order valence-electron chi connectivity index (χ1n) is 7.01. The minimum absolute atomic E-state index is 0.0619. The van der Waals surface area contributed by atoms with E-state index in [4.69, 9.17) is 16.3 Å². The Morgan fingerprint density at radius 2 is 2.00 bits per heavy atom. The largest absolute Gasteiger partial charge is 0.443 e. The molecule has 2 rings (SSSR count). The summed E-state index contributed by atoms with van der Waals surface area (Å²) < 4.78 is 9.93. The topological polar surface area (TPSA) is 68.7 Å². The second-order valence-electron chi connectivity index (χ2n) is 7.01. The van der Waals surface area contributed by atoms with Gasteiger partial charge in [0.25, 0.3) is 0 Å². The van der Waals surface area contributed by atoms with Crippen molar-refractivity contribution in [2.24, 2.45) is 0 Å². The minimum atomic E-state index is -0.652. The van der Waals surface area contributed by atoms with Gasteiger partial charge in [-0.05, 0) is 32.4 Å². The van der Waals surface area contributed by atoms with Crippen molar-refractivity contribution in [3.8, 4) is 0 Å². The van der Waals surface area contributed by atoms with Crippen LogP contribution in [0.4, 0.5) is 10.5 Å². The lowest BCUT2D eigenvalue weighted by Crippen LogP contribution is -2.38. The molecule has 0 unspecified atom stereocenters. The Balaban J connectivity index is 2.50. The van der Waals surface area contributed by atoms with Gasteiger partial charge in [0.2, 0.25) is 0 Å². The van der Waals surface area contributed by atoms with Gasteiger partial charge in [0.05, 0.1) is 5.69 Å². The van der Waals surface area contributed by atoms with Crippen molar-refractivity contribution < 1.29 is 18.2 Å². The van der Waals surface area contributed by atoms with Crippen molar-refractivity contribution in [3.05, 3.63) is 22.5 Å². The molecule has 0 bridgehead atoms. The number of hydrogen-bond acceptors (Lipinski definition) is 5. The first-order chi connectivity index (χ1) is 10.5. The summed E-state index contributed by atoms with van der Waals surface area (Å²) in [4.78, 5) is 29.6. The normalized spacial score (nSPS) is 16.0. The highest BCUT2D eigenvalue weighted by molar-refractivity contribution is 9.06. The van der Waals surface area contributed by atoms with Gasteiger partial charge in [0, 0.05) is 12.0 Å². The summed E-state index contributed by atoms with van der Waals surface area (Å²) in [5, 5.41) is 0.0619. The van der Waals surface area contributed by atoms with Gasteiger partial charge in [-0.3, -0.25) is 4.90 Å². The van der Waals surface area contributed by atoms with Crippen LogP contribution in [0, 0.1) is 0 Å². The number of carbonyl (C=O) groups excluding carboxylic acids is 2. The lowest BCUT2D eigenvalue weighted by Gasteiger charge is -2.26. The number of ether oxygens (including phenoxy) is 1. The van der Waals surface area contributed by atoms with Gasteiger partial charge in [-0.2, -0.15) is 0 Å². The van der Waals surface area contributed by atoms with Gasteiger partial charge in [-0.1, -0.05) is 25.4 Å². The average Bonchev–Trinajstić information content (AvgIpc) is 2.68. The van der Waals surface area contributed by atoms with Gasteiger partial charge in [0.1, 0.15) is 5.60 Å². The molecule has 1 aromatic heterocycles. The molecule has 0 fully saturated rings. The fourth-order valence-corrected chi connectivity index (χ4v) is 2.92. The molecule has 1 amide bonds. The zero-order chi connectivity index (χ0) is 17.6. The molecule has 1 aromatic rings. The van der Waals surface area contributed by atoms with Gasteiger partial charge < -0.3 is 8.57 Å². The van der Waals surface area contributed by atoms with E-state index in [9.17, 15) is 9.59 Å². The summed E-state index contributed by atoms with van der Waals surface area (Å²) in [6.07, 6.45) is -0.496. The summed E-state index contributed by atoms with van der Waals surface area (Å²) in [6, 6.07) is 1.59. The molecule has 8 heteroatoms. The Labute approximate surface area is 148 Å². The Morgan fingerprint density at radius 1 is 1.39 bits per heavy atom. The molecule has 1 aliphatic rings. The standard InChI is InChI=1S/C15H18BrClN2O4/c1-14(2,3)22-13(21)19-7-15(4,5)8-6-9(12(20)23-16)18-11(17)10(8)19/h6H,7H2,1-5H3. The maximum absolute atomic E-state index is 12.5. The SMILES string of the molecule is CC(C)(C)OC(=O)N1CC(C)(C)c2cc(C(=O)OBr)nc(Cl)c21. The van der Waals surface area contributed by atoms with Gasteiger partial charge in [0.15, 0.2) is 27.1 Å². The molecule has 23 heavy (non-hydrogen) atoms. The third-order valence-corrected chi connectivity index (χ3v) is 3.95. The van der Waals surface area contributed by atoms with E-state index in [0.29, 0.717) is 12.2 Å². The second-order valence-corrected chi connectivity index (χ2v) is 7.69. The molecular formula is C15H18BrClN2O4. The number of pyridine rings is 1. The van der Waals surface area contributed by atoms with Crippen LogP contribution in [0.2, 0.25) is 5.15 Å². The smallest absolute Gasteiger partial charge is 0.414 e. The van der Waals surface area contributed by atoms with Crippen LogP contribution in [-0.4, -0.2) is 29.2 Å². The molecule has 0 spiro atoms. The molecule has 126 valence electrons. The first-order valence-corrected chi connectivity index (χ1v) is 8.03. The van der Waals surface area contributed by atoms with Crippen molar-refractivity contribution >= 4 is 45.6 Å². The van der Waals surface area contributed by atoms with Crippen LogP contribution < -0.4 is 4.90 Å². The number of rotatable bonds is 1.